The second-order valence-electron chi connectivity index (χ2n) is 14.9. The molecule has 0 fully saturated rings. The first-order valence-corrected chi connectivity index (χ1v) is 19.9. The second kappa shape index (κ2) is 14.1. The standard InChI is InChI=1S/C56H38N2/c1-3-14-39(15-4-1)41-28-33-45(34-29-41)57(46-35-30-42(31-36-46)40-16-5-2-6-17-40)47-21-12-22-48(38-47)58-53-27-13-26-52(51-25-11-20-43-18-7-9-23-49(43)51)56(53)55-50-24-10-8-19-44(50)32-37-54(55)58/h1-38H. The van der Waals surface area contributed by atoms with Crippen LogP contribution in [0.2, 0.25) is 0 Å². The third kappa shape index (κ3) is 5.74. The van der Waals surface area contributed by atoms with Crippen LogP contribution in [0.5, 0.6) is 0 Å². The predicted molar refractivity (Wildman–Crippen MR) is 247 cm³/mol. The Morgan fingerprint density at radius 2 is 0.793 bits per heavy atom. The Labute approximate surface area is 338 Å². The number of fused-ring (bicyclic) bond motifs is 6. The minimum Gasteiger partial charge on any atom is -0.310 e. The highest BCUT2D eigenvalue weighted by molar-refractivity contribution is 6.26. The number of benzene rings is 10. The average Bonchev–Trinajstić information content (AvgIpc) is 3.65. The predicted octanol–water partition coefficient (Wildman–Crippen LogP) is 15.6. The molecule has 0 saturated carbocycles. The Hall–Kier alpha value is -7.68. The van der Waals surface area contributed by atoms with Gasteiger partial charge in [0.15, 0.2) is 0 Å². The van der Waals surface area contributed by atoms with E-state index in [1.165, 1.54) is 76.7 Å². The lowest BCUT2D eigenvalue weighted by molar-refractivity contribution is 1.17. The SMILES string of the molecule is c1ccc(-c2ccc(N(c3ccc(-c4ccccc4)cc3)c3cccc(-n4c5cccc(-c6cccc7ccccc67)c5c5c6ccccc6ccc54)c3)cc2)cc1. The van der Waals surface area contributed by atoms with Crippen LogP contribution in [0.15, 0.2) is 231 Å². The summed E-state index contributed by atoms with van der Waals surface area (Å²) in [4.78, 5) is 2.37. The summed E-state index contributed by atoms with van der Waals surface area (Å²) in [6.45, 7) is 0. The molecule has 0 aliphatic rings. The number of anilines is 3. The fourth-order valence-corrected chi connectivity index (χ4v) is 8.88. The van der Waals surface area contributed by atoms with E-state index in [-0.39, 0.29) is 0 Å². The Balaban J connectivity index is 1.12. The maximum atomic E-state index is 2.46. The van der Waals surface area contributed by atoms with Crippen LogP contribution in [0.3, 0.4) is 0 Å². The number of aromatic nitrogens is 1. The monoisotopic (exact) mass is 738 g/mol. The van der Waals surface area contributed by atoms with Gasteiger partial charge in [-0.25, -0.2) is 0 Å². The minimum atomic E-state index is 1.08. The summed E-state index contributed by atoms with van der Waals surface area (Å²) in [5, 5.41) is 7.53. The molecule has 2 heteroatoms. The van der Waals surface area contributed by atoms with Crippen molar-refractivity contribution in [3.63, 3.8) is 0 Å². The molecule has 0 bridgehead atoms. The quantitative estimate of drug-likeness (QED) is 0.158. The second-order valence-corrected chi connectivity index (χ2v) is 14.9. The van der Waals surface area contributed by atoms with Crippen LogP contribution in [0.25, 0.3) is 82.4 Å². The zero-order chi connectivity index (χ0) is 38.4. The highest BCUT2D eigenvalue weighted by atomic mass is 15.1. The van der Waals surface area contributed by atoms with E-state index in [2.05, 4.69) is 240 Å². The first-order valence-electron chi connectivity index (χ1n) is 19.9. The zero-order valence-corrected chi connectivity index (χ0v) is 31.8. The van der Waals surface area contributed by atoms with Gasteiger partial charge in [-0.3, -0.25) is 0 Å². The van der Waals surface area contributed by atoms with Crippen LogP contribution >= 0.6 is 0 Å². The van der Waals surface area contributed by atoms with E-state index < -0.39 is 0 Å². The van der Waals surface area contributed by atoms with E-state index >= 15 is 0 Å². The van der Waals surface area contributed by atoms with Crippen molar-refractivity contribution >= 4 is 60.4 Å². The maximum absolute atomic E-state index is 2.46. The Kier molecular flexibility index (Phi) is 8.19. The molecule has 0 amide bonds. The molecule has 0 atom stereocenters. The third-order valence-electron chi connectivity index (χ3n) is 11.6. The van der Waals surface area contributed by atoms with E-state index in [1.807, 2.05) is 0 Å². The lowest BCUT2D eigenvalue weighted by atomic mass is 9.93. The highest BCUT2D eigenvalue weighted by Crippen LogP contribution is 2.44. The highest BCUT2D eigenvalue weighted by Gasteiger charge is 2.21. The Bertz CT molecular complexity index is 3160. The van der Waals surface area contributed by atoms with Gasteiger partial charge in [0.1, 0.15) is 0 Å². The van der Waals surface area contributed by atoms with Crippen molar-refractivity contribution < 1.29 is 0 Å². The van der Waals surface area contributed by atoms with E-state index in [0.29, 0.717) is 0 Å². The summed E-state index contributed by atoms with van der Waals surface area (Å²) in [5.74, 6) is 0. The van der Waals surface area contributed by atoms with Gasteiger partial charge in [0.2, 0.25) is 0 Å². The molecule has 1 aromatic heterocycles. The van der Waals surface area contributed by atoms with Gasteiger partial charge < -0.3 is 9.47 Å². The first kappa shape index (κ1) is 33.6. The molecule has 11 rings (SSSR count). The number of hydrogen-bond acceptors (Lipinski definition) is 1. The van der Waals surface area contributed by atoms with Crippen molar-refractivity contribution in [2.75, 3.05) is 4.90 Å². The fraction of sp³-hybridized carbons (Fsp3) is 0. The number of rotatable bonds is 7. The van der Waals surface area contributed by atoms with Gasteiger partial charge in [0, 0.05) is 33.5 Å². The minimum absolute atomic E-state index is 1.08. The molecule has 0 radical (unpaired) electrons. The van der Waals surface area contributed by atoms with Crippen LogP contribution in [0, 0.1) is 0 Å². The van der Waals surface area contributed by atoms with Crippen molar-refractivity contribution in [3.8, 4) is 39.1 Å². The number of nitrogens with zero attached hydrogens (tertiary/aromatic N) is 2. The molecule has 0 unspecified atom stereocenters. The van der Waals surface area contributed by atoms with Gasteiger partial charge >= 0.3 is 0 Å². The van der Waals surface area contributed by atoms with Crippen LogP contribution in [0.1, 0.15) is 0 Å². The van der Waals surface area contributed by atoms with Crippen molar-refractivity contribution in [2.45, 2.75) is 0 Å². The van der Waals surface area contributed by atoms with E-state index in [4.69, 9.17) is 0 Å². The normalized spacial score (nSPS) is 11.4. The summed E-state index contributed by atoms with van der Waals surface area (Å²) >= 11 is 0. The van der Waals surface area contributed by atoms with E-state index in [0.717, 1.165) is 22.7 Å². The van der Waals surface area contributed by atoms with Crippen LogP contribution in [-0.4, -0.2) is 4.57 Å². The van der Waals surface area contributed by atoms with Crippen molar-refractivity contribution in [1.29, 1.82) is 0 Å². The van der Waals surface area contributed by atoms with Gasteiger partial charge in [0.25, 0.3) is 0 Å². The van der Waals surface area contributed by atoms with Crippen molar-refractivity contribution in [1.82, 2.24) is 4.57 Å². The van der Waals surface area contributed by atoms with Gasteiger partial charge in [-0.05, 0) is 110 Å². The molecule has 0 aliphatic heterocycles. The Morgan fingerprint density at radius 1 is 0.293 bits per heavy atom. The molecule has 1 heterocycles. The number of hydrogen-bond donors (Lipinski definition) is 0. The van der Waals surface area contributed by atoms with Crippen LogP contribution < -0.4 is 4.90 Å². The summed E-state index contributed by atoms with van der Waals surface area (Å²) < 4.78 is 2.46. The van der Waals surface area contributed by atoms with E-state index in [1.54, 1.807) is 0 Å². The largest absolute Gasteiger partial charge is 0.310 e. The Morgan fingerprint density at radius 3 is 1.47 bits per heavy atom. The molecule has 0 aliphatic carbocycles. The molecular weight excluding hydrogens is 701 g/mol. The molecule has 0 N–H and O–H groups in total. The summed E-state index contributed by atoms with van der Waals surface area (Å²) in [7, 11) is 0. The van der Waals surface area contributed by atoms with Crippen molar-refractivity contribution in [3.05, 3.63) is 231 Å². The fourth-order valence-electron chi connectivity index (χ4n) is 8.88. The molecule has 58 heavy (non-hydrogen) atoms. The molecule has 11 aromatic rings. The van der Waals surface area contributed by atoms with Gasteiger partial charge in [-0.2, -0.15) is 0 Å². The molecule has 0 saturated heterocycles. The zero-order valence-electron chi connectivity index (χ0n) is 31.8. The molecule has 10 aromatic carbocycles. The molecule has 0 spiro atoms. The summed E-state index contributed by atoms with van der Waals surface area (Å²) in [5.41, 5.74) is 14.0. The molecular formula is C56H38N2. The average molecular weight is 739 g/mol. The van der Waals surface area contributed by atoms with Gasteiger partial charge in [-0.15, -0.1) is 0 Å². The van der Waals surface area contributed by atoms with E-state index in [9.17, 15) is 0 Å². The summed E-state index contributed by atoms with van der Waals surface area (Å²) in [6, 6.07) is 83.6. The smallest absolute Gasteiger partial charge is 0.0547 e. The van der Waals surface area contributed by atoms with Gasteiger partial charge in [-0.1, -0.05) is 176 Å². The topological polar surface area (TPSA) is 8.17 Å². The first-order chi connectivity index (χ1) is 28.8. The molecule has 272 valence electrons. The lowest BCUT2D eigenvalue weighted by Gasteiger charge is -2.26. The lowest BCUT2D eigenvalue weighted by Crippen LogP contribution is -2.10. The third-order valence-corrected chi connectivity index (χ3v) is 11.6. The summed E-state index contributed by atoms with van der Waals surface area (Å²) in [6.07, 6.45) is 0. The van der Waals surface area contributed by atoms with Crippen LogP contribution in [-0.2, 0) is 0 Å². The van der Waals surface area contributed by atoms with Crippen molar-refractivity contribution in [2.24, 2.45) is 0 Å². The van der Waals surface area contributed by atoms with Crippen LogP contribution in [0.4, 0.5) is 17.1 Å². The van der Waals surface area contributed by atoms with Gasteiger partial charge in [0.05, 0.1) is 11.0 Å². The molecule has 2 nitrogen and oxygen atoms in total. The maximum Gasteiger partial charge on any atom is 0.0547 e.